The molecule has 2 aromatic rings. The summed E-state index contributed by atoms with van der Waals surface area (Å²) in [5.74, 6) is 0.279. The van der Waals surface area contributed by atoms with Gasteiger partial charge in [0, 0.05) is 51.0 Å². The summed E-state index contributed by atoms with van der Waals surface area (Å²) in [6.45, 7) is 6.26. The maximum absolute atomic E-state index is 12.0. The first kappa shape index (κ1) is 15.3. The van der Waals surface area contributed by atoms with E-state index in [0.717, 1.165) is 50.5 Å². The predicted octanol–water partition coefficient (Wildman–Crippen LogP) is 1.77. The van der Waals surface area contributed by atoms with Gasteiger partial charge in [0.2, 0.25) is 5.91 Å². The standard InChI is InChI=1S/C18H23N5O/c1-14-4-2-5-15(20-14)10-21-11-16-7-8-19-23(16)17(12-21)13-22-9-3-6-18(22)24/h2,4-5,7-8,17H,3,6,9-13H2,1H3/t17-/m1/s1. The normalized spacial score (nSPS) is 21.3. The van der Waals surface area contributed by atoms with Gasteiger partial charge in [-0.15, -0.1) is 0 Å². The van der Waals surface area contributed by atoms with E-state index in [0.29, 0.717) is 6.42 Å². The molecule has 1 atom stereocenters. The molecule has 24 heavy (non-hydrogen) atoms. The van der Waals surface area contributed by atoms with E-state index in [-0.39, 0.29) is 11.9 Å². The van der Waals surface area contributed by atoms with Crippen LogP contribution < -0.4 is 0 Å². The average Bonchev–Trinajstić information content (AvgIpc) is 3.17. The largest absolute Gasteiger partial charge is 0.340 e. The maximum atomic E-state index is 12.0. The van der Waals surface area contributed by atoms with Crippen LogP contribution in [0.2, 0.25) is 0 Å². The van der Waals surface area contributed by atoms with E-state index in [4.69, 9.17) is 0 Å². The zero-order chi connectivity index (χ0) is 16.5. The van der Waals surface area contributed by atoms with Crippen molar-refractivity contribution in [3.05, 3.63) is 47.5 Å². The first-order valence-electron chi connectivity index (χ1n) is 8.64. The third-order valence-electron chi connectivity index (χ3n) is 4.89. The van der Waals surface area contributed by atoms with Crippen molar-refractivity contribution in [2.75, 3.05) is 19.6 Å². The number of fused-ring (bicyclic) bond motifs is 1. The number of aromatic nitrogens is 3. The highest BCUT2D eigenvalue weighted by molar-refractivity contribution is 5.78. The number of pyridine rings is 1. The molecule has 1 fully saturated rings. The molecule has 0 radical (unpaired) electrons. The first-order valence-corrected chi connectivity index (χ1v) is 8.64. The van der Waals surface area contributed by atoms with Crippen LogP contribution in [0.25, 0.3) is 0 Å². The summed E-state index contributed by atoms with van der Waals surface area (Å²) in [7, 11) is 0. The number of hydrogen-bond acceptors (Lipinski definition) is 4. The van der Waals surface area contributed by atoms with Crippen LogP contribution in [0.1, 0.15) is 36.0 Å². The lowest BCUT2D eigenvalue weighted by molar-refractivity contribution is -0.128. The highest BCUT2D eigenvalue weighted by Crippen LogP contribution is 2.24. The highest BCUT2D eigenvalue weighted by Gasteiger charge is 2.30. The van der Waals surface area contributed by atoms with Crippen LogP contribution in [0.15, 0.2) is 30.5 Å². The SMILES string of the molecule is Cc1cccc(CN2Cc3ccnn3[C@@H](CN3CCCC3=O)C2)n1. The molecule has 2 aliphatic heterocycles. The molecule has 1 amide bonds. The fourth-order valence-electron chi connectivity index (χ4n) is 3.79. The van der Waals surface area contributed by atoms with E-state index >= 15 is 0 Å². The Balaban J connectivity index is 1.51. The summed E-state index contributed by atoms with van der Waals surface area (Å²) < 4.78 is 2.10. The van der Waals surface area contributed by atoms with Gasteiger partial charge in [0.1, 0.15) is 0 Å². The molecule has 4 rings (SSSR count). The molecular formula is C18H23N5O. The summed E-state index contributed by atoms with van der Waals surface area (Å²) >= 11 is 0. The smallest absolute Gasteiger partial charge is 0.222 e. The molecule has 6 heteroatoms. The minimum atomic E-state index is 0.218. The van der Waals surface area contributed by atoms with E-state index in [9.17, 15) is 4.79 Å². The lowest BCUT2D eigenvalue weighted by atomic mass is 10.1. The maximum Gasteiger partial charge on any atom is 0.222 e. The van der Waals surface area contributed by atoms with Gasteiger partial charge in [-0.25, -0.2) is 0 Å². The van der Waals surface area contributed by atoms with Gasteiger partial charge in [0.25, 0.3) is 0 Å². The molecule has 0 saturated carbocycles. The van der Waals surface area contributed by atoms with Crippen molar-refractivity contribution in [1.82, 2.24) is 24.6 Å². The number of carbonyl (C=O) groups is 1. The van der Waals surface area contributed by atoms with Crippen LogP contribution in [-0.2, 0) is 17.9 Å². The second-order valence-corrected chi connectivity index (χ2v) is 6.80. The van der Waals surface area contributed by atoms with Crippen LogP contribution in [-0.4, -0.2) is 50.1 Å². The predicted molar refractivity (Wildman–Crippen MR) is 90.2 cm³/mol. The monoisotopic (exact) mass is 325 g/mol. The van der Waals surface area contributed by atoms with Crippen LogP contribution in [0.5, 0.6) is 0 Å². The summed E-state index contributed by atoms with van der Waals surface area (Å²) in [4.78, 5) is 21.0. The molecule has 0 aromatic carbocycles. The molecule has 1 saturated heterocycles. The Bertz CT molecular complexity index is 741. The fraction of sp³-hybridized carbons (Fsp3) is 0.500. The Morgan fingerprint density at radius 3 is 3.00 bits per heavy atom. The quantitative estimate of drug-likeness (QED) is 0.860. The van der Waals surface area contributed by atoms with Crippen molar-refractivity contribution in [3.8, 4) is 0 Å². The zero-order valence-electron chi connectivity index (χ0n) is 14.1. The Kier molecular flexibility index (Phi) is 4.06. The Labute approximate surface area is 142 Å². The topological polar surface area (TPSA) is 54.3 Å². The molecule has 6 nitrogen and oxygen atoms in total. The van der Waals surface area contributed by atoms with Crippen LogP contribution in [0, 0.1) is 6.92 Å². The summed E-state index contributed by atoms with van der Waals surface area (Å²) in [6, 6.07) is 8.46. The van der Waals surface area contributed by atoms with Crippen molar-refractivity contribution in [2.45, 2.75) is 38.9 Å². The van der Waals surface area contributed by atoms with Gasteiger partial charge in [-0.1, -0.05) is 6.07 Å². The molecule has 0 bridgehead atoms. The third-order valence-corrected chi connectivity index (χ3v) is 4.89. The van der Waals surface area contributed by atoms with E-state index in [1.807, 2.05) is 24.1 Å². The Morgan fingerprint density at radius 1 is 1.29 bits per heavy atom. The van der Waals surface area contributed by atoms with E-state index in [2.05, 4.69) is 37.9 Å². The number of hydrogen-bond donors (Lipinski definition) is 0. The van der Waals surface area contributed by atoms with Gasteiger partial charge in [-0.05, 0) is 31.5 Å². The summed E-state index contributed by atoms with van der Waals surface area (Å²) in [6.07, 6.45) is 3.53. The minimum absolute atomic E-state index is 0.218. The van der Waals surface area contributed by atoms with Crippen LogP contribution in [0.4, 0.5) is 0 Å². The van der Waals surface area contributed by atoms with Crippen molar-refractivity contribution in [2.24, 2.45) is 0 Å². The molecule has 0 N–H and O–H groups in total. The van der Waals surface area contributed by atoms with E-state index in [1.54, 1.807) is 0 Å². The number of likely N-dealkylation sites (tertiary alicyclic amines) is 1. The zero-order valence-corrected chi connectivity index (χ0v) is 14.1. The lowest BCUT2D eigenvalue weighted by Gasteiger charge is -2.35. The average molecular weight is 325 g/mol. The minimum Gasteiger partial charge on any atom is -0.340 e. The molecular weight excluding hydrogens is 302 g/mol. The molecule has 0 aliphatic carbocycles. The van der Waals surface area contributed by atoms with Gasteiger partial charge in [-0.3, -0.25) is 19.4 Å². The van der Waals surface area contributed by atoms with Crippen molar-refractivity contribution in [1.29, 1.82) is 0 Å². The van der Waals surface area contributed by atoms with Crippen LogP contribution >= 0.6 is 0 Å². The number of nitrogens with zero attached hydrogens (tertiary/aromatic N) is 5. The number of rotatable bonds is 4. The third kappa shape index (κ3) is 3.06. The number of amides is 1. The van der Waals surface area contributed by atoms with E-state index < -0.39 is 0 Å². The van der Waals surface area contributed by atoms with Gasteiger partial charge < -0.3 is 4.90 Å². The first-order chi connectivity index (χ1) is 11.7. The Morgan fingerprint density at radius 2 is 2.21 bits per heavy atom. The van der Waals surface area contributed by atoms with E-state index in [1.165, 1.54) is 5.69 Å². The molecule has 4 heterocycles. The molecule has 0 unspecified atom stereocenters. The second kappa shape index (κ2) is 6.36. The fourth-order valence-corrected chi connectivity index (χ4v) is 3.79. The van der Waals surface area contributed by atoms with Crippen molar-refractivity contribution < 1.29 is 4.79 Å². The van der Waals surface area contributed by atoms with Gasteiger partial charge in [-0.2, -0.15) is 5.10 Å². The van der Waals surface area contributed by atoms with Gasteiger partial charge in [0.05, 0.1) is 17.4 Å². The summed E-state index contributed by atoms with van der Waals surface area (Å²) in [5, 5.41) is 4.50. The van der Waals surface area contributed by atoms with Crippen molar-refractivity contribution in [3.63, 3.8) is 0 Å². The molecule has 126 valence electrons. The van der Waals surface area contributed by atoms with Gasteiger partial charge in [0.15, 0.2) is 0 Å². The lowest BCUT2D eigenvalue weighted by Crippen LogP contribution is -2.43. The Hall–Kier alpha value is -2.21. The second-order valence-electron chi connectivity index (χ2n) is 6.80. The molecule has 2 aromatic heterocycles. The number of aryl methyl sites for hydroxylation is 1. The molecule has 2 aliphatic rings. The number of carbonyl (C=O) groups excluding carboxylic acids is 1. The van der Waals surface area contributed by atoms with Gasteiger partial charge >= 0.3 is 0 Å². The summed E-state index contributed by atoms with van der Waals surface area (Å²) in [5.41, 5.74) is 3.36. The van der Waals surface area contributed by atoms with Crippen molar-refractivity contribution >= 4 is 5.91 Å². The molecule has 0 spiro atoms. The van der Waals surface area contributed by atoms with Crippen LogP contribution in [0.3, 0.4) is 0 Å². The highest BCUT2D eigenvalue weighted by atomic mass is 16.2.